The molecule has 1 aliphatic heterocycles. The molecule has 1 saturated heterocycles. The Bertz CT molecular complexity index is 318. The molecule has 1 aromatic rings. The highest BCUT2D eigenvalue weighted by Crippen LogP contribution is 2.29. The van der Waals surface area contributed by atoms with E-state index >= 15 is 0 Å². The van der Waals surface area contributed by atoms with Crippen molar-refractivity contribution in [2.45, 2.75) is 26.4 Å². The van der Waals surface area contributed by atoms with Crippen molar-refractivity contribution in [3.63, 3.8) is 0 Å². The van der Waals surface area contributed by atoms with E-state index in [9.17, 15) is 5.11 Å². The Morgan fingerprint density at radius 2 is 2.07 bits per heavy atom. The van der Waals surface area contributed by atoms with Gasteiger partial charge in [-0.1, -0.05) is 31.5 Å². The lowest BCUT2D eigenvalue weighted by atomic mass is 9.93. The summed E-state index contributed by atoms with van der Waals surface area (Å²) in [5, 5.41) is 9.23. The van der Waals surface area contributed by atoms with E-state index in [2.05, 4.69) is 17.9 Å². The predicted molar refractivity (Wildman–Crippen MR) is 63.0 cm³/mol. The highest BCUT2D eigenvalue weighted by molar-refractivity contribution is 5.55. The molecule has 0 aromatic heterocycles. The van der Waals surface area contributed by atoms with Gasteiger partial charge in [0.25, 0.3) is 0 Å². The van der Waals surface area contributed by atoms with E-state index in [0.29, 0.717) is 0 Å². The molecule has 1 N–H and O–H groups in total. The maximum absolute atomic E-state index is 9.23. The van der Waals surface area contributed by atoms with Crippen molar-refractivity contribution in [2.75, 3.05) is 18.0 Å². The van der Waals surface area contributed by atoms with Crippen LogP contribution in [0, 0.1) is 5.92 Å². The Morgan fingerprint density at radius 3 is 2.73 bits per heavy atom. The van der Waals surface area contributed by atoms with E-state index in [0.717, 1.165) is 24.6 Å². The van der Waals surface area contributed by atoms with Gasteiger partial charge in [0.15, 0.2) is 0 Å². The number of para-hydroxylation sites is 1. The van der Waals surface area contributed by atoms with Crippen LogP contribution in [-0.4, -0.2) is 18.2 Å². The zero-order chi connectivity index (χ0) is 10.7. The smallest absolute Gasteiger partial charge is 0.0702 e. The summed E-state index contributed by atoms with van der Waals surface area (Å²) in [6.07, 6.45) is 2.61. The molecule has 1 aliphatic rings. The van der Waals surface area contributed by atoms with Crippen molar-refractivity contribution >= 4 is 5.69 Å². The fraction of sp³-hybridized carbons (Fsp3) is 0.538. The highest BCUT2D eigenvalue weighted by Gasteiger charge is 2.26. The summed E-state index contributed by atoms with van der Waals surface area (Å²) in [7, 11) is 0. The SMILES string of the molecule is CCCC1CN(c2ccccc2CO)C1. The van der Waals surface area contributed by atoms with Crippen LogP contribution in [0.1, 0.15) is 25.3 Å². The molecule has 0 bridgehead atoms. The first kappa shape index (κ1) is 10.5. The third kappa shape index (κ3) is 2.15. The Kier molecular flexibility index (Phi) is 3.27. The summed E-state index contributed by atoms with van der Waals surface area (Å²) in [5.74, 6) is 0.863. The molecule has 1 aromatic carbocycles. The minimum atomic E-state index is 0.144. The van der Waals surface area contributed by atoms with Gasteiger partial charge >= 0.3 is 0 Å². The molecular weight excluding hydrogens is 186 g/mol. The molecule has 0 radical (unpaired) electrons. The lowest BCUT2D eigenvalue weighted by Gasteiger charge is -2.42. The van der Waals surface area contributed by atoms with Crippen molar-refractivity contribution in [2.24, 2.45) is 5.92 Å². The largest absolute Gasteiger partial charge is 0.392 e. The number of benzene rings is 1. The van der Waals surface area contributed by atoms with E-state index < -0.39 is 0 Å². The number of hydrogen-bond acceptors (Lipinski definition) is 2. The van der Waals surface area contributed by atoms with Crippen LogP contribution in [0.25, 0.3) is 0 Å². The molecule has 0 amide bonds. The molecule has 0 unspecified atom stereocenters. The number of anilines is 1. The molecule has 1 fully saturated rings. The van der Waals surface area contributed by atoms with Crippen LogP contribution in [0.5, 0.6) is 0 Å². The van der Waals surface area contributed by atoms with Gasteiger partial charge in [-0.2, -0.15) is 0 Å². The molecule has 0 aliphatic carbocycles. The lowest BCUT2D eigenvalue weighted by Crippen LogP contribution is -2.47. The van der Waals surface area contributed by atoms with E-state index in [1.807, 2.05) is 18.2 Å². The number of nitrogens with zero attached hydrogens (tertiary/aromatic N) is 1. The average molecular weight is 205 g/mol. The maximum Gasteiger partial charge on any atom is 0.0702 e. The van der Waals surface area contributed by atoms with Crippen LogP contribution in [0.3, 0.4) is 0 Å². The zero-order valence-electron chi connectivity index (χ0n) is 9.32. The third-order valence-electron chi connectivity index (χ3n) is 3.16. The molecule has 15 heavy (non-hydrogen) atoms. The predicted octanol–water partition coefficient (Wildman–Crippen LogP) is 2.42. The second kappa shape index (κ2) is 4.67. The number of aliphatic hydroxyl groups excluding tert-OH is 1. The van der Waals surface area contributed by atoms with Gasteiger partial charge in [-0.15, -0.1) is 0 Å². The summed E-state index contributed by atoms with van der Waals surface area (Å²) in [5.41, 5.74) is 2.26. The normalized spacial score (nSPS) is 16.5. The van der Waals surface area contributed by atoms with E-state index in [4.69, 9.17) is 0 Å². The molecule has 82 valence electrons. The Balaban J connectivity index is 2.00. The van der Waals surface area contributed by atoms with Gasteiger partial charge in [0.1, 0.15) is 0 Å². The van der Waals surface area contributed by atoms with Gasteiger partial charge in [0, 0.05) is 24.3 Å². The van der Waals surface area contributed by atoms with Crippen molar-refractivity contribution in [1.82, 2.24) is 0 Å². The fourth-order valence-electron chi connectivity index (χ4n) is 2.31. The highest BCUT2D eigenvalue weighted by atomic mass is 16.3. The summed E-state index contributed by atoms with van der Waals surface area (Å²) in [6, 6.07) is 8.14. The van der Waals surface area contributed by atoms with Gasteiger partial charge in [-0.05, 0) is 18.4 Å². The molecule has 2 nitrogen and oxygen atoms in total. The standard InChI is InChI=1S/C13H19NO/c1-2-5-11-8-14(9-11)13-7-4-3-6-12(13)10-15/h3-4,6-7,11,15H,2,5,8-10H2,1H3. The second-order valence-electron chi connectivity index (χ2n) is 4.35. The quantitative estimate of drug-likeness (QED) is 0.816. The number of hydrogen-bond donors (Lipinski definition) is 1. The summed E-state index contributed by atoms with van der Waals surface area (Å²) >= 11 is 0. The average Bonchev–Trinajstić information content (AvgIpc) is 2.23. The molecule has 0 spiro atoms. The van der Waals surface area contributed by atoms with Crippen molar-refractivity contribution in [3.05, 3.63) is 29.8 Å². The molecule has 2 heteroatoms. The van der Waals surface area contributed by atoms with Gasteiger partial charge in [-0.3, -0.25) is 0 Å². The Morgan fingerprint density at radius 1 is 1.33 bits per heavy atom. The first-order chi connectivity index (χ1) is 7.35. The summed E-state index contributed by atoms with van der Waals surface area (Å²) < 4.78 is 0. The van der Waals surface area contributed by atoms with Crippen LogP contribution in [-0.2, 0) is 6.61 Å². The van der Waals surface area contributed by atoms with Gasteiger partial charge < -0.3 is 10.0 Å². The monoisotopic (exact) mass is 205 g/mol. The lowest BCUT2D eigenvalue weighted by molar-refractivity contribution is 0.280. The van der Waals surface area contributed by atoms with Gasteiger partial charge in [0.05, 0.1) is 6.61 Å². The number of aliphatic hydroxyl groups is 1. The Labute approximate surface area is 91.5 Å². The summed E-state index contributed by atoms with van der Waals surface area (Å²) in [6.45, 7) is 4.70. The molecule has 0 saturated carbocycles. The van der Waals surface area contributed by atoms with Crippen molar-refractivity contribution in [1.29, 1.82) is 0 Å². The van der Waals surface area contributed by atoms with E-state index in [-0.39, 0.29) is 6.61 Å². The molecule has 0 atom stereocenters. The van der Waals surface area contributed by atoms with Crippen LogP contribution < -0.4 is 4.90 Å². The first-order valence-electron chi connectivity index (χ1n) is 5.79. The zero-order valence-corrected chi connectivity index (χ0v) is 9.32. The Hall–Kier alpha value is -1.02. The van der Waals surface area contributed by atoms with Crippen molar-refractivity contribution in [3.8, 4) is 0 Å². The van der Waals surface area contributed by atoms with Crippen molar-refractivity contribution < 1.29 is 5.11 Å². The third-order valence-corrected chi connectivity index (χ3v) is 3.16. The van der Waals surface area contributed by atoms with Crippen LogP contribution >= 0.6 is 0 Å². The van der Waals surface area contributed by atoms with Gasteiger partial charge in [0.2, 0.25) is 0 Å². The molecule has 1 heterocycles. The topological polar surface area (TPSA) is 23.5 Å². The van der Waals surface area contributed by atoms with E-state index in [1.165, 1.54) is 18.5 Å². The van der Waals surface area contributed by atoms with E-state index in [1.54, 1.807) is 0 Å². The number of rotatable bonds is 4. The van der Waals surface area contributed by atoms with Crippen LogP contribution in [0.4, 0.5) is 5.69 Å². The van der Waals surface area contributed by atoms with Gasteiger partial charge in [-0.25, -0.2) is 0 Å². The molecular formula is C13H19NO. The van der Waals surface area contributed by atoms with Crippen LogP contribution in [0.2, 0.25) is 0 Å². The maximum atomic E-state index is 9.23. The summed E-state index contributed by atoms with van der Waals surface area (Å²) in [4.78, 5) is 2.37. The fourth-order valence-corrected chi connectivity index (χ4v) is 2.31. The minimum Gasteiger partial charge on any atom is -0.392 e. The second-order valence-corrected chi connectivity index (χ2v) is 4.35. The van der Waals surface area contributed by atoms with Crippen LogP contribution in [0.15, 0.2) is 24.3 Å². The molecule has 2 rings (SSSR count). The minimum absolute atomic E-state index is 0.144. The first-order valence-corrected chi connectivity index (χ1v) is 5.79.